The number of aryl methyl sites for hydroxylation is 2. The van der Waals surface area contributed by atoms with Crippen LogP contribution in [0.5, 0.6) is 23.0 Å². The summed E-state index contributed by atoms with van der Waals surface area (Å²) in [5.41, 5.74) is 10.7. The number of carboxylic acid groups (broad SMARTS) is 1. The van der Waals surface area contributed by atoms with Crippen LogP contribution in [0.15, 0.2) is 107 Å². The number of hydrogen-bond acceptors (Lipinski definition) is 17. The van der Waals surface area contributed by atoms with E-state index in [4.69, 9.17) is 48.8 Å². The van der Waals surface area contributed by atoms with E-state index in [9.17, 15) is 39.2 Å². The Bertz CT molecular complexity index is 3640. The molecule has 11 rings (SSSR count). The zero-order valence-electron chi connectivity index (χ0n) is 41.9. The number of aromatic nitrogens is 6. The number of fused-ring (bicyclic) bond motifs is 3. The molecule has 0 radical (unpaired) electrons. The predicted octanol–water partition coefficient (Wildman–Crippen LogP) is 9.00. The van der Waals surface area contributed by atoms with Gasteiger partial charge in [-0.2, -0.15) is 8.61 Å². The van der Waals surface area contributed by atoms with Gasteiger partial charge >= 0.3 is 12.6 Å². The molecule has 2 fully saturated rings. The number of nitrogens with one attached hydrogen (secondary N) is 1. The van der Waals surface area contributed by atoms with E-state index in [-0.39, 0.29) is 71.1 Å². The van der Waals surface area contributed by atoms with Crippen molar-refractivity contribution in [2.45, 2.75) is 80.9 Å². The molecule has 0 aliphatic carbocycles. The Morgan fingerprint density at radius 2 is 1.20 bits per heavy atom. The molecule has 7 aromatic rings. The molecule has 2 saturated heterocycles. The largest absolute Gasteiger partial charge is 0.586 e. The lowest BCUT2D eigenvalue weighted by atomic mass is 10.1. The van der Waals surface area contributed by atoms with Gasteiger partial charge in [0.1, 0.15) is 17.2 Å². The summed E-state index contributed by atoms with van der Waals surface area (Å²) >= 11 is 12.0. The van der Waals surface area contributed by atoms with Crippen LogP contribution in [0.4, 0.5) is 29.1 Å². The Kier molecular flexibility index (Phi) is 17.2. The maximum atomic E-state index is 13.4. The third-order valence-electron chi connectivity index (χ3n) is 12.3. The summed E-state index contributed by atoms with van der Waals surface area (Å²) < 4.78 is 128. The molecule has 9 heterocycles. The molecule has 4 N–H and O–H groups in total. The van der Waals surface area contributed by atoms with Crippen molar-refractivity contribution < 1.29 is 68.0 Å². The monoisotopic (exact) mass is 1170 g/mol. The Morgan fingerprint density at radius 1 is 0.709 bits per heavy atom. The van der Waals surface area contributed by atoms with Crippen molar-refractivity contribution >= 4 is 78.2 Å². The Labute approximate surface area is 459 Å². The summed E-state index contributed by atoms with van der Waals surface area (Å²) in [6.45, 7) is 5.82. The quantitative estimate of drug-likeness (QED) is 0.0898. The number of anilines is 2. The van der Waals surface area contributed by atoms with Gasteiger partial charge in [0.05, 0.1) is 25.5 Å². The topological polar surface area (TPSA) is 273 Å². The molecule has 4 aliphatic heterocycles. The van der Waals surface area contributed by atoms with Gasteiger partial charge < -0.3 is 39.7 Å². The minimum absolute atomic E-state index is 0.0218. The van der Waals surface area contributed by atoms with Crippen LogP contribution >= 0.6 is 23.2 Å². The number of piperidine rings is 2. The van der Waals surface area contributed by atoms with Crippen molar-refractivity contribution in [1.29, 1.82) is 0 Å². The lowest BCUT2D eigenvalue weighted by Crippen LogP contribution is -2.42. The fraction of sp³-hybridized carbons (Fsp3) is 0.300. The first kappa shape index (κ1) is 57.7. The second-order valence-corrected chi connectivity index (χ2v) is 22.6. The van der Waals surface area contributed by atoms with E-state index in [0.29, 0.717) is 81.6 Å². The minimum Gasteiger partial charge on any atom is -0.481 e. The van der Waals surface area contributed by atoms with E-state index in [1.54, 1.807) is 30.6 Å². The number of imidazole rings is 1. The minimum atomic E-state index is -3.95. The highest BCUT2D eigenvalue weighted by atomic mass is 35.5. The number of carbonyl (C=O) groups is 2. The third kappa shape index (κ3) is 13.5. The van der Waals surface area contributed by atoms with Crippen LogP contribution in [0.25, 0.3) is 22.6 Å². The van der Waals surface area contributed by atoms with Gasteiger partial charge in [-0.05, 0) is 100 Å². The number of alkyl halides is 4. The average molecular weight is 1180 g/mol. The van der Waals surface area contributed by atoms with Crippen molar-refractivity contribution in [3.05, 3.63) is 125 Å². The molecule has 29 heteroatoms. The number of carboxylic acids is 1. The second kappa shape index (κ2) is 23.5. The number of hydrogen-bond donors (Lipinski definition) is 3. The maximum Gasteiger partial charge on any atom is 0.586 e. The summed E-state index contributed by atoms with van der Waals surface area (Å²) in [5, 5.41) is 11.5. The fourth-order valence-corrected chi connectivity index (χ4v) is 11.9. The van der Waals surface area contributed by atoms with Gasteiger partial charge in [0.2, 0.25) is 20.0 Å². The Hall–Kier alpha value is -7.43. The van der Waals surface area contributed by atoms with Crippen LogP contribution in [0.3, 0.4) is 0 Å². The molecule has 21 nitrogen and oxygen atoms in total. The predicted molar refractivity (Wildman–Crippen MR) is 280 cm³/mol. The first-order valence-electron chi connectivity index (χ1n) is 23.8. The number of halogens is 6. The van der Waals surface area contributed by atoms with Gasteiger partial charge in [-0.1, -0.05) is 23.2 Å². The van der Waals surface area contributed by atoms with E-state index in [1.807, 2.05) is 36.6 Å². The highest BCUT2D eigenvalue weighted by Gasteiger charge is 2.45. The fourth-order valence-electron chi connectivity index (χ4n) is 8.58. The molecular formula is C50H48Cl2F4N10O11S2. The number of pyridine rings is 4. The number of benzene rings is 2. The summed E-state index contributed by atoms with van der Waals surface area (Å²) in [6.07, 6.45) is 1.31. The number of nitrogens with two attached hydrogens (primary N) is 1. The number of aldehydes is 1. The molecule has 79 heavy (non-hydrogen) atoms. The molecule has 0 atom stereocenters. The van der Waals surface area contributed by atoms with Crippen molar-refractivity contribution in [2.75, 3.05) is 37.2 Å². The van der Waals surface area contributed by atoms with E-state index in [1.165, 1.54) is 45.3 Å². The number of nitrogen functional groups attached to an aromatic ring is 1. The lowest BCUT2D eigenvalue weighted by molar-refractivity contribution is -0.287. The molecule has 5 aromatic heterocycles. The third-order valence-corrected chi connectivity index (χ3v) is 16.7. The molecule has 0 spiro atoms. The summed E-state index contributed by atoms with van der Waals surface area (Å²) in [7, 11) is -7.80. The molecule has 418 valence electrons. The van der Waals surface area contributed by atoms with Crippen LogP contribution < -0.4 is 30.0 Å². The average Bonchev–Trinajstić information content (AvgIpc) is 4.14. The smallest absolute Gasteiger partial charge is 0.481 e. The number of sulfonamides is 2. The SMILES string of the molecule is CC(=O)O.Cc1ccc(N)c(NC2CCN(S(=O)(=O)c3ccc4c(c3)OC(F)(F)O4)CC2)n1.Cc1ccc2nc(-c3ccncc3Cl)n(C3CCN(S(=O)(=O)c4ccc5c(c4)OC(F)(F)O5)CC3)c2n1.O=Cc1ccncc1Cl. The van der Waals surface area contributed by atoms with Gasteiger partial charge in [0.15, 0.2) is 34.9 Å². The molecule has 0 amide bonds. The van der Waals surface area contributed by atoms with Crippen LogP contribution in [0.1, 0.15) is 60.4 Å². The van der Waals surface area contributed by atoms with Crippen molar-refractivity contribution in [3.8, 4) is 34.4 Å². The second-order valence-electron chi connectivity index (χ2n) is 17.9. The normalized spacial score (nSPS) is 16.8. The van der Waals surface area contributed by atoms with E-state index >= 15 is 0 Å². The summed E-state index contributed by atoms with van der Waals surface area (Å²) in [5.74, 6) is -0.624. The van der Waals surface area contributed by atoms with Crippen LogP contribution in [0.2, 0.25) is 10.0 Å². The zero-order valence-corrected chi connectivity index (χ0v) is 45.0. The van der Waals surface area contributed by atoms with Crippen molar-refractivity contribution in [3.63, 3.8) is 0 Å². The van der Waals surface area contributed by atoms with Crippen LogP contribution in [0, 0.1) is 13.8 Å². The highest BCUT2D eigenvalue weighted by Crippen LogP contribution is 2.44. The van der Waals surface area contributed by atoms with Crippen LogP contribution in [-0.2, 0) is 24.8 Å². The van der Waals surface area contributed by atoms with Gasteiger partial charge in [0, 0.05) is 105 Å². The Morgan fingerprint density at radius 3 is 1.72 bits per heavy atom. The van der Waals surface area contributed by atoms with E-state index < -0.39 is 38.6 Å². The van der Waals surface area contributed by atoms with E-state index in [2.05, 4.69) is 39.2 Å². The summed E-state index contributed by atoms with van der Waals surface area (Å²) in [4.78, 5) is 40.5. The van der Waals surface area contributed by atoms with Gasteiger partial charge in [-0.15, -0.1) is 17.6 Å². The van der Waals surface area contributed by atoms with Crippen LogP contribution in [-0.4, -0.2) is 117 Å². The zero-order chi connectivity index (χ0) is 57.0. The van der Waals surface area contributed by atoms with Gasteiger partial charge in [-0.3, -0.25) is 19.6 Å². The van der Waals surface area contributed by atoms with Gasteiger partial charge in [0.25, 0.3) is 5.97 Å². The lowest BCUT2D eigenvalue weighted by Gasteiger charge is -2.32. The number of nitrogens with zero attached hydrogens (tertiary/aromatic N) is 8. The Balaban J connectivity index is 0.000000173. The number of ether oxygens (including phenoxy) is 4. The molecule has 4 aliphatic rings. The van der Waals surface area contributed by atoms with E-state index in [0.717, 1.165) is 30.4 Å². The molecular weight excluding hydrogens is 1130 g/mol. The molecule has 0 unspecified atom stereocenters. The highest BCUT2D eigenvalue weighted by molar-refractivity contribution is 7.89. The number of carbonyl (C=O) groups excluding carboxylic acids is 1. The molecule has 0 saturated carbocycles. The number of rotatable bonds is 9. The molecule has 2 aromatic carbocycles. The standard InChI is InChI=1S/C24H20ClF2N5O4S.C18H20F2N4O4S.C6H4ClNO.C2H4O2/c1-14-2-4-19-23(29-14)32(22(30-19)17-6-9-28-13-18(17)25)15-7-10-31(11-8-15)37(33,34)16-3-5-20-21(12-16)36-24(26,27)35-20;1-11-2-4-14(21)17(22-11)23-12-6-8-24(9-7-12)29(25,26)13-3-5-15-16(10-13)28-18(19,20)27-15;7-6-3-8-2-1-5(6)4-9;1-2(3)4/h2-6,9,12-13,15H,7-8,10-11H2,1H3;2-5,10,12H,6-9,21H2,1H3,(H,22,23);1-4H;1H3,(H,3,4). The van der Waals surface area contributed by atoms with Crippen molar-refractivity contribution in [1.82, 2.24) is 38.1 Å². The first-order valence-corrected chi connectivity index (χ1v) is 27.5. The van der Waals surface area contributed by atoms with Crippen molar-refractivity contribution in [2.24, 2.45) is 0 Å². The maximum absolute atomic E-state index is 13.4. The molecule has 0 bridgehead atoms. The first-order chi connectivity index (χ1) is 37.3. The summed E-state index contributed by atoms with van der Waals surface area (Å²) in [6, 6.07) is 17.6. The number of aliphatic carboxylic acids is 1. The van der Waals surface area contributed by atoms with Gasteiger partial charge in [-0.25, -0.2) is 31.8 Å².